The van der Waals surface area contributed by atoms with Crippen molar-refractivity contribution in [1.29, 1.82) is 0 Å². The summed E-state index contributed by atoms with van der Waals surface area (Å²) in [7, 11) is 0. The van der Waals surface area contributed by atoms with Crippen molar-refractivity contribution >= 4 is 23.4 Å². The van der Waals surface area contributed by atoms with Crippen molar-refractivity contribution in [2.75, 3.05) is 5.73 Å². The summed E-state index contributed by atoms with van der Waals surface area (Å²) in [6.45, 7) is 1.74. The summed E-state index contributed by atoms with van der Waals surface area (Å²) >= 11 is 0.981. The van der Waals surface area contributed by atoms with Gasteiger partial charge in [-0.3, -0.25) is 0 Å². The molecule has 0 aliphatic heterocycles. The average Bonchev–Trinajstić information content (AvgIpc) is 2.69. The standard InChI is InChI=1S/C11H9FN2O3S/c1-5-4-17-11(14-5)18-7-3-2-6(12)9(13)8(7)10(15)16/h2-4H,13H2,1H3,(H,15,16). The lowest BCUT2D eigenvalue weighted by molar-refractivity contribution is 0.0694. The molecule has 3 N–H and O–H groups in total. The fourth-order valence-corrected chi connectivity index (χ4v) is 2.26. The molecule has 0 aliphatic rings. The predicted molar refractivity (Wildman–Crippen MR) is 63.1 cm³/mol. The highest BCUT2D eigenvalue weighted by atomic mass is 32.2. The second-order valence-corrected chi connectivity index (χ2v) is 4.49. The molecule has 7 heteroatoms. The summed E-state index contributed by atoms with van der Waals surface area (Å²) in [5, 5.41) is 9.32. The predicted octanol–water partition coefficient (Wildman–Crippen LogP) is 2.55. The molecule has 0 radical (unpaired) electrons. The van der Waals surface area contributed by atoms with Gasteiger partial charge in [0, 0.05) is 4.90 Å². The molecule has 0 aliphatic carbocycles. The van der Waals surface area contributed by atoms with Gasteiger partial charge in [-0.15, -0.1) is 0 Å². The minimum Gasteiger partial charge on any atom is -0.478 e. The monoisotopic (exact) mass is 268 g/mol. The van der Waals surface area contributed by atoms with Crippen molar-refractivity contribution in [3.63, 3.8) is 0 Å². The van der Waals surface area contributed by atoms with Crippen LogP contribution in [0.25, 0.3) is 0 Å². The third-order valence-corrected chi connectivity index (χ3v) is 3.09. The summed E-state index contributed by atoms with van der Waals surface area (Å²) in [6.07, 6.45) is 1.44. The number of carboxylic acid groups (broad SMARTS) is 1. The number of rotatable bonds is 3. The van der Waals surface area contributed by atoms with E-state index in [9.17, 15) is 9.18 Å². The number of hydrogen-bond acceptors (Lipinski definition) is 5. The van der Waals surface area contributed by atoms with E-state index >= 15 is 0 Å². The molecular formula is C11H9FN2O3S. The molecule has 0 saturated carbocycles. The van der Waals surface area contributed by atoms with Crippen LogP contribution in [-0.2, 0) is 0 Å². The van der Waals surface area contributed by atoms with Gasteiger partial charge in [0.05, 0.1) is 16.9 Å². The van der Waals surface area contributed by atoms with E-state index in [0.29, 0.717) is 5.69 Å². The fourth-order valence-electron chi connectivity index (χ4n) is 1.35. The summed E-state index contributed by atoms with van der Waals surface area (Å²) in [6, 6.07) is 2.44. The lowest BCUT2D eigenvalue weighted by Crippen LogP contribution is -2.06. The third kappa shape index (κ3) is 2.30. The van der Waals surface area contributed by atoms with Gasteiger partial charge in [0.15, 0.2) is 0 Å². The topological polar surface area (TPSA) is 89.3 Å². The molecule has 1 aromatic heterocycles. The summed E-state index contributed by atoms with van der Waals surface area (Å²) < 4.78 is 18.3. The fraction of sp³-hybridized carbons (Fsp3) is 0.0909. The number of benzene rings is 1. The Balaban J connectivity index is 2.44. The SMILES string of the molecule is Cc1coc(Sc2ccc(F)c(N)c2C(=O)O)n1. The Morgan fingerprint density at radius 3 is 2.83 bits per heavy atom. The number of carbonyl (C=O) groups is 1. The van der Waals surface area contributed by atoms with E-state index in [0.717, 1.165) is 17.8 Å². The van der Waals surface area contributed by atoms with Crippen molar-refractivity contribution in [3.05, 3.63) is 35.5 Å². The average molecular weight is 268 g/mol. The van der Waals surface area contributed by atoms with Gasteiger partial charge < -0.3 is 15.3 Å². The van der Waals surface area contributed by atoms with E-state index in [-0.39, 0.29) is 15.7 Å². The first-order valence-electron chi connectivity index (χ1n) is 4.90. The van der Waals surface area contributed by atoms with Crippen molar-refractivity contribution in [2.45, 2.75) is 17.0 Å². The first kappa shape index (κ1) is 12.4. The van der Waals surface area contributed by atoms with Crippen molar-refractivity contribution in [3.8, 4) is 0 Å². The minimum atomic E-state index is -1.29. The normalized spacial score (nSPS) is 10.6. The number of aryl methyl sites for hydroxylation is 1. The van der Waals surface area contributed by atoms with Crippen LogP contribution < -0.4 is 5.73 Å². The number of nitrogens with zero attached hydrogens (tertiary/aromatic N) is 1. The first-order chi connectivity index (χ1) is 8.49. The molecule has 0 unspecified atom stereocenters. The Morgan fingerprint density at radius 1 is 1.56 bits per heavy atom. The molecular weight excluding hydrogens is 259 g/mol. The van der Waals surface area contributed by atoms with Gasteiger partial charge in [-0.05, 0) is 30.8 Å². The van der Waals surface area contributed by atoms with Crippen LogP contribution >= 0.6 is 11.8 Å². The van der Waals surface area contributed by atoms with Crippen LogP contribution in [0, 0.1) is 12.7 Å². The first-order valence-corrected chi connectivity index (χ1v) is 5.72. The number of halogens is 1. The number of oxazole rings is 1. The molecule has 18 heavy (non-hydrogen) atoms. The van der Waals surface area contributed by atoms with Gasteiger partial charge in [0.25, 0.3) is 5.22 Å². The number of hydrogen-bond donors (Lipinski definition) is 2. The smallest absolute Gasteiger partial charge is 0.339 e. The summed E-state index contributed by atoms with van der Waals surface area (Å²) in [5.74, 6) is -2.06. The van der Waals surface area contributed by atoms with Crippen LogP contribution in [0.5, 0.6) is 0 Å². The minimum absolute atomic E-state index is 0.279. The maximum Gasteiger partial charge on any atom is 0.339 e. The van der Waals surface area contributed by atoms with Gasteiger partial charge in [0.2, 0.25) is 0 Å². The number of carboxylic acids is 1. The van der Waals surface area contributed by atoms with Crippen molar-refractivity contribution in [1.82, 2.24) is 4.98 Å². The van der Waals surface area contributed by atoms with Crippen LogP contribution in [0.2, 0.25) is 0 Å². The number of nitrogens with two attached hydrogens (primary N) is 1. The highest BCUT2D eigenvalue weighted by molar-refractivity contribution is 7.99. The molecule has 1 heterocycles. The second-order valence-electron chi connectivity index (χ2n) is 3.50. The number of aromatic carboxylic acids is 1. The molecule has 2 aromatic rings. The van der Waals surface area contributed by atoms with E-state index in [4.69, 9.17) is 15.3 Å². The highest BCUT2D eigenvalue weighted by Gasteiger charge is 2.19. The lowest BCUT2D eigenvalue weighted by Gasteiger charge is -2.07. The molecule has 0 atom stereocenters. The molecule has 0 spiro atoms. The Hall–Kier alpha value is -2.02. The molecule has 5 nitrogen and oxygen atoms in total. The van der Waals surface area contributed by atoms with Gasteiger partial charge in [-0.1, -0.05) is 0 Å². The molecule has 1 aromatic carbocycles. The van der Waals surface area contributed by atoms with Crippen molar-refractivity contribution < 1.29 is 18.7 Å². The lowest BCUT2D eigenvalue weighted by atomic mass is 10.2. The number of anilines is 1. The van der Waals surface area contributed by atoms with Crippen LogP contribution in [-0.4, -0.2) is 16.1 Å². The van der Waals surface area contributed by atoms with Gasteiger partial charge in [-0.2, -0.15) is 0 Å². The molecule has 0 fully saturated rings. The van der Waals surface area contributed by atoms with Crippen molar-refractivity contribution in [2.24, 2.45) is 0 Å². The van der Waals surface area contributed by atoms with E-state index in [1.807, 2.05) is 0 Å². The Morgan fingerprint density at radius 2 is 2.28 bits per heavy atom. The van der Waals surface area contributed by atoms with E-state index < -0.39 is 17.5 Å². The Kier molecular flexibility index (Phi) is 3.24. The summed E-state index contributed by atoms with van der Waals surface area (Å²) in [4.78, 5) is 15.4. The zero-order valence-electron chi connectivity index (χ0n) is 9.31. The third-order valence-electron chi connectivity index (χ3n) is 2.16. The van der Waals surface area contributed by atoms with Crippen LogP contribution in [0.3, 0.4) is 0 Å². The molecule has 94 valence electrons. The van der Waals surface area contributed by atoms with E-state index in [2.05, 4.69) is 4.98 Å². The number of nitrogen functional groups attached to an aromatic ring is 1. The van der Waals surface area contributed by atoms with Crippen LogP contribution in [0.15, 0.2) is 32.9 Å². The van der Waals surface area contributed by atoms with E-state index in [1.165, 1.54) is 12.3 Å². The quantitative estimate of drug-likeness (QED) is 0.831. The largest absolute Gasteiger partial charge is 0.478 e. The van der Waals surface area contributed by atoms with Gasteiger partial charge >= 0.3 is 5.97 Å². The Bertz CT molecular complexity index is 612. The van der Waals surface area contributed by atoms with Gasteiger partial charge in [-0.25, -0.2) is 14.2 Å². The maximum absolute atomic E-state index is 13.2. The van der Waals surface area contributed by atoms with Crippen LogP contribution in [0.4, 0.5) is 10.1 Å². The Labute approximate surface area is 106 Å². The second kappa shape index (κ2) is 4.69. The van der Waals surface area contributed by atoms with Crippen LogP contribution in [0.1, 0.15) is 16.1 Å². The molecule has 0 bridgehead atoms. The highest BCUT2D eigenvalue weighted by Crippen LogP contribution is 2.33. The maximum atomic E-state index is 13.2. The summed E-state index contributed by atoms with van der Waals surface area (Å²) in [5.41, 5.74) is 5.42. The van der Waals surface area contributed by atoms with Gasteiger partial charge in [0.1, 0.15) is 12.1 Å². The molecule has 2 rings (SSSR count). The molecule has 0 saturated heterocycles. The zero-order chi connectivity index (χ0) is 13.3. The zero-order valence-corrected chi connectivity index (χ0v) is 10.1. The molecule has 0 amide bonds. The number of aromatic nitrogens is 1. The van der Waals surface area contributed by atoms with E-state index in [1.54, 1.807) is 6.92 Å².